The number of rotatable bonds is 3. The van der Waals surface area contributed by atoms with Crippen LogP contribution in [-0.4, -0.2) is 40.4 Å². The second-order valence-corrected chi connectivity index (χ2v) is 4.98. The maximum Gasteiger partial charge on any atom is 0.248 e. The van der Waals surface area contributed by atoms with Gasteiger partial charge in [0, 0.05) is 0 Å². The largest absolute Gasteiger partial charge is 0.381 e. The predicted octanol–water partition coefficient (Wildman–Crippen LogP) is -1.53. The van der Waals surface area contributed by atoms with Crippen molar-refractivity contribution in [2.24, 2.45) is 23.0 Å². The number of primary amides is 1. The van der Waals surface area contributed by atoms with Crippen LogP contribution in [0.25, 0.3) is 0 Å². The summed E-state index contributed by atoms with van der Waals surface area (Å²) in [5, 5.41) is 9.23. The first-order chi connectivity index (χ1) is 7.28. The van der Waals surface area contributed by atoms with Crippen molar-refractivity contribution in [2.75, 3.05) is 6.54 Å². The van der Waals surface area contributed by atoms with Gasteiger partial charge < -0.3 is 10.8 Å². The normalized spacial score (nSPS) is 32.6. The molecule has 0 bridgehead atoms. The topological polar surface area (TPSA) is 101 Å². The Labute approximate surface area is 92.4 Å². The molecule has 3 amide bonds. The second-order valence-electron chi connectivity index (χ2n) is 4.98. The van der Waals surface area contributed by atoms with Crippen molar-refractivity contribution in [3.63, 3.8) is 0 Å². The molecule has 0 radical (unpaired) electrons. The first kappa shape index (κ1) is 11.1. The Morgan fingerprint density at radius 2 is 1.88 bits per heavy atom. The number of fused-ring (bicyclic) bond motifs is 1. The lowest BCUT2D eigenvalue weighted by Crippen LogP contribution is -2.45. The Balaban J connectivity index is 2.09. The van der Waals surface area contributed by atoms with Crippen LogP contribution in [0.15, 0.2) is 0 Å². The van der Waals surface area contributed by atoms with Crippen molar-refractivity contribution in [1.29, 1.82) is 0 Å². The standard InChI is InChI=1S/C10H14N2O4/c1-10(2)5-6(10)9(16)12(8(5)15)3-4(13)7(11)14/h4-6,13H,3H2,1-2H3,(H2,11,14). The van der Waals surface area contributed by atoms with E-state index in [2.05, 4.69) is 0 Å². The van der Waals surface area contributed by atoms with Crippen LogP contribution in [0.2, 0.25) is 0 Å². The third-order valence-electron chi connectivity index (χ3n) is 3.58. The third kappa shape index (κ3) is 1.26. The number of hydrogen-bond donors (Lipinski definition) is 2. The highest BCUT2D eigenvalue weighted by molar-refractivity contribution is 6.10. The SMILES string of the molecule is CC1(C)C2C(=O)N(CC(O)C(N)=O)C(=O)C21. The molecule has 0 aromatic heterocycles. The van der Waals surface area contributed by atoms with Gasteiger partial charge in [-0.1, -0.05) is 13.8 Å². The van der Waals surface area contributed by atoms with E-state index in [9.17, 15) is 19.5 Å². The Hall–Kier alpha value is -1.43. The molecule has 3 atom stereocenters. The van der Waals surface area contributed by atoms with Crippen molar-refractivity contribution in [3.8, 4) is 0 Å². The monoisotopic (exact) mass is 226 g/mol. The second kappa shape index (κ2) is 3.04. The number of aliphatic hydroxyl groups excluding tert-OH is 1. The van der Waals surface area contributed by atoms with Gasteiger partial charge in [0.1, 0.15) is 0 Å². The van der Waals surface area contributed by atoms with Crippen molar-refractivity contribution < 1.29 is 19.5 Å². The number of amides is 3. The lowest BCUT2D eigenvalue weighted by molar-refractivity contribution is -0.145. The van der Waals surface area contributed by atoms with E-state index in [-0.39, 0.29) is 35.6 Å². The molecule has 2 rings (SSSR count). The van der Waals surface area contributed by atoms with Gasteiger partial charge in [0.2, 0.25) is 17.7 Å². The number of piperidine rings is 1. The Bertz CT molecular complexity index is 366. The number of nitrogens with zero attached hydrogens (tertiary/aromatic N) is 1. The summed E-state index contributed by atoms with van der Waals surface area (Å²) in [6.45, 7) is 3.40. The molecule has 88 valence electrons. The Kier molecular flexibility index (Phi) is 2.10. The molecule has 1 saturated carbocycles. The smallest absolute Gasteiger partial charge is 0.248 e. The summed E-state index contributed by atoms with van der Waals surface area (Å²) < 4.78 is 0. The third-order valence-corrected chi connectivity index (χ3v) is 3.58. The van der Waals surface area contributed by atoms with E-state index >= 15 is 0 Å². The van der Waals surface area contributed by atoms with Crippen LogP contribution in [-0.2, 0) is 14.4 Å². The van der Waals surface area contributed by atoms with Gasteiger partial charge in [-0.15, -0.1) is 0 Å². The highest BCUT2D eigenvalue weighted by Crippen LogP contribution is 2.63. The van der Waals surface area contributed by atoms with E-state index in [1.165, 1.54) is 0 Å². The number of carbonyl (C=O) groups is 3. The van der Waals surface area contributed by atoms with Gasteiger partial charge in [-0.05, 0) is 5.41 Å². The molecule has 1 saturated heterocycles. The summed E-state index contributed by atoms with van der Waals surface area (Å²) in [6.07, 6.45) is -1.48. The van der Waals surface area contributed by atoms with E-state index in [4.69, 9.17) is 5.73 Å². The number of aliphatic hydroxyl groups is 1. The highest BCUT2D eigenvalue weighted by Gasteiger charge is 2.72. The van der Waals surface area contributed by atoms with Crippen LogP contribution >= 0.6 is 0 Å². The lowest BCUT2D eigenvalue weighted by Gasteiger charge is -2.21. The van der Waals surface area contributed by atoms with Crippen LogP contribution in [0.1, 0.15) is 13.8 Å². The zero-order valence-electron chi connectivity index (χ0n) is 9.14. The quantitative estimate of drug-likeness (QED) is 0.570. The molecule has 16 heavy (non-hydrogen) atoms. The van der Waals surface area contributed by atoms with E-state index in [1.54, 1.807) is 0 Å². The first-order valence-corrected chi connectivity index (χ1v) is 5.11. The van der Waals surface area contributed by atoms with E-state index in [1.807, 2.05) is 13.8 Å². The molecule has 0 aromatic rings. The Morgan fingerprint density at radius 1 is 1.44 bits per heavy atom. The molecule has 3 N–H and O–H groups in total. The van der Waals surface area contributed by atoms with E-state index < -0.39 is 12.0 Å². The number of nitrogens with two attached hydrogens (primary N) is 1. The van der Waals surface area contributed by atoms with Gasteiger partial charge in [0.05, 0.1) is 18.4 Å². The van der Waals surface area contributed by atoms with Gasteiger partial charge in [-0.2, -0.15) is 0 Å². The van der Waals surface area contributed by atoms with Crippen molar-refractivity contribution in [1.82, 2.24) is 4.90 Å². The zero-order chi connectivity index (χ0) is 12.2. The van der Waals surface area contributed by atoms with Crippen LogP contribution in [0.4, 0.5) is 0 Å². The number of carbonyl (C=O) groups excluding carboxylic acids is 3. The molecular weight excluding hydrogens is 212 g/mol. The highest BCUT2D eigenvalue weighted by atomic mass is 16.3. The minimum atomic E-state index is -1.48. The lowest BCUT2D eigenvalue weighted by atomic mass is 10.1. The van der Waals surface area contributed by atoms with Gasteiger partial charge in [0.15, 0.2) is 6.10 Å². The maximum atomic E-state index is 11.8. The number of imide groups is 1. The van der Waals surface area contributed by atoms with Gasteiger partial charge in [0.25, 0.3) is 0 Å². The molecule has 1 aliphatic carbocycles. The summed E-state index contributed by atoms with van der Waals surface area (Å²) in [4.78, 5) is 35.1. The van der Waals surface area contributed by atoms with Crippen LogP contribution in [0.3, 0.4) is 0 Å². The van der Waals surface area contributed by atoms with E-state index in [0.717, 1.165) is 4.90 Å². The van der Waals surface area contributed by atoms with Crippen molar-refractivity contribution in [3.05, 3.63) is 0 Å². The fourth-order valence-electron chi connectivity index (χ4n) is 2.45. The Morgan fingerprint density at radius 3 is 2.25 bits per heavy atom. The molecule has 0 spiro atoms. The summed E-state index contributed by atoms with van der Waals surface area (Å²) >= 11 is 0. The predicted molar refractivity (Wildman–Crippen MR) is 52.7 cm³/mol. The summed E-state index contributed by atoms with van der Waals surface area (Å²) in [6, 6.07) is 0. The molecule has 0 aromatic carbocycles. The molecule has 3 unspecified atom stereocenters. The van der Waals surface area contributed by atoms with Gasteiger partial charge >= 0.3 is 0 Å². The minimum absolute atomic E-state index is 0.275. The number of β-amino-alcohol motifs (C(OH)–C–C–N with tert-alkyl or cyclic N) is 1. The summed E-state index contributed by atoms with van der Waals surface area (Å²) in [5.74, 6) is -2.12. The molecule has 1 aliphatic heterocycles. The minimum Gasteiger partial charge on any atom is -0.381 e. The average Bonchev–Trinajstić information content (AvgIpc) is 2.64. The fraction of sp³-hybridized carbons (Fsp3) is 0.700. The van der Waals surface area contributed by atoms with Crippen LogP contribution < -0.4 is 5.73 Å². The molecule has 6 heteroatoms. The zero-order valence-corrected chi connectivity index (χ0v) is 9.14. The number of likely N-dealkylation sites (tertiary alicyclic amines) is 1. The van der Waals surface area contributed by atoms with Gasteiger partial charge in [-0.25, -0.2) is 0 Å². The van der Waals surface area contributed by atoms with Crippen LogP contribution in [0.5, 0.6) is 0 Å². The molecule has 2 fully saturated rings. The maximum absolute atomic E-state index is 11.8. The van der Waals surface area contributed by atoms with Crippen LogP contribution in [0, 0.1) is 17.3 Å². The molecule has 1 heterocycles. The summed E-state index contributed by atoms with van der Waals surface area (Å²) in [5.41, 5.74) is 4.59. The molecular formula is C10H14N2O4. The first-order valence-electron chi connectivity index (χ1n) is 5.11. The van der Waals surface area contributed by atoms with E-state index in [0.29, 0.717) is 0 Å². The molecule has 2 aliphatic rings. The average molecular weight is 226 g/mol. The number of hydrogen-bond acceptors (Lipinski definition) is 4. The molecule has 6 nitrogen and oxygen atoms in total. The van der Waals surface area contributed by atoms with Crippen molar-refractivity contribution in [2.45, 2.75) is 20.0 Å². The summed E-state index contributed by atoms with van der Waals surface area (Å²) in [7, 11) is 0. The fourth-order valence-corrected chi connectivity index (χ4v) is 2.45. The van der Waals surface area contributed by atoms with Gasteiger partial charge in [-0.3, -0.25) is 19.3 Å². The van der Waals surface area contributed by atoms with Crippen molar-refractivity contribution >= 4 is 17.7 Å².